The molecule has 0 bridgehead atoms. The number of para-hydroxylation sites is 1. The molecule has 0 saturated heterocycles. The van der Waals surface area contributed by atoms with Crippen molar-refractivity contribution in [1.82, 2.24) is 5.32 Å². The number of nitrogens with one attached hydrogen (secondary N) is 1. The molecular formula is C14H18BrCl2NO. The minimum Gasteiger partial charge on any atom is -0.486 e. The Balaban J connectivity index is 2.71. The lowest BCUT2D eigenvalue weighted by atomic mass is 10.2. The van der Waals surface area contributed by atoms with Crippen molar-refractivity contribution in [3.63, 3.8) is 0 Å². The molecule has 106 valence electrons. The molecule has 0 atom stereocenters. The van der Waals surface area contributed by atoms with Crippen molar-refractivity contribution in [2.24, 2.45) is 5.92 Å². The molecule has 0 aliphatic heterocycles. The summed E-state index contributed by atoms with van der Waals surface area (Å²) >= 11 is 14.8. The van der Waals surface area contributed by atoms with Crippen molar-refractivity contribution in [3.05, 3.63) is 38.8 Å². The lowest BCUT2D eigenvalue weighted by Crippen LogP contribution is -2.19. The molecule has 0 aliphatic rings. The molecule has 19 heavy (non-hydrogen) atoms. The van der Waals surface area contributed by atoms with Gasteiger partial charge in [0.2, 0.25) is 0 Å². The van der Waals surface area contributed by atoms with Crippen LogP contribution < -0.4 is 10.1 Å². The van der Waals surface area contributed by atoms with Crippen LogP contribution in [0.3, 0.4) is 0 Å². The predicted molar refractivity (Wildman–Crippen MR) is 86.0 cm³/mol. The average Bonchev–Trinajstić information content (AvgIpc) is 2.37. The molecule has 1 rings (SSSR count). The van der Waals surface area contributed by atoms with Crippen LogP contribution in [-0.2, 0) is 6.54 Å². The van der Waals surface area contributed by atoms with Gasteiger partial charge in [-0.3, -0.25) is 0 Å². The standard InChI is InChI=1S/C14H18BrCl2NO/c1-10(2)7-18-8-11-4-3-5-13(15)14(11)19-9-12(17)6-16/h3-6,10,18H,7-9H2,1-2H3. The highest BCUT2D eigenvalue weighted by Crippen LogP contribution is 2.29. The molecule has 0 aromatic heterocycles. The highest BCUT2D eigenvalue weighted by molar-refractivity contribution is 9.10. The summed E-state index contributed by atoms with van der Waals surface area (Å²) in [5.74, 6) is 1.42. The Morgan fingerprint density at radius 1 is 1.47 bits per heavy atom. The molecule has 5 heteroatoms. The Labute approximate surface area is 133 Å². The molecule has 1 aromatic carbocycles. The van der Waals surface area contributed by atoms with E-state index < -0.39 is 0 Å². The van der Waals surface area contributed by atoms with Crippen LogP contribution in [0, 0.1) is 5.92 Å². The van der Waals surface area contributed by atoms with E-state index in [1.807, 2.05) is 18.2 Å². The Morgan fingerprint density at radius 2 is 2.21 bits per heavy atom. The van der Waals surface area contributed by atoms with Gasteiger partial charge in [0.15, 0.2) is 0 Å². The molecule has 0 unspecified atom stereocenters. The van der Waals surface area contributed by atoms with E-state index in [-0.39, 0.29) is 6.61 Å². The summed E-state index contributed by atoms with van der Waals surface area (Å²) in [5, 5.41) is 3.87. The normalized spacial score (nSPS) is 12.0. The Hall–Kier alpha value is -0.220. The van der Waals surface area contributed by atoms with E-state index in [2.05, 4.69) is 35.1 Å². The van der Waals surface area contributed by atoms with Crippen molar-refractivity contribution in [3.8, 4) is 5.75 Å². The van der Waals surface area contributed by atoms with Gasteiger partial charge < -0.3 is 10.1 Å². The molecule has 0 fully saturated rings. The second-order valence-electron chi connectivity index (χ2n) is 4.60. The number of rotatable bonds is 7. The molecule has 0 aliphatic carbocycles. The highest BCUT2D eigenvalue weighted by Gasteiger charge is 2.08. The zero-order valence-corrected chi connectivity index (χ0v) is 14.1. The quantitative estimate of drug-likeness (QED) is 0.741. The van der Waals surface area contributed by atoms with Gasteiger partial charge in [-0.25, -0.2) is 0 Å². The molecule has 0 amide bonds. The average molecular weight is 367 g/mol. The summed E-state index contributed by atoms with van der Waals surface area (Å²) in [4.78, 5) is 0. The van der Waals surface area contributed by atoms with Gasteiger partial charge >= 0.3 is 0 Å². The third kappa shape index (κ3) is 6.17. The number of hydrogen-bond donors (Lipinski definition) is 1. The van der Waals surface area contributed by atoms with Crippen LogP contribution in [0.5, 0.6) is 5.75 Å². The fraction of sp³-hybridized carbons (Fsp3) is 0.429. The number of benzene rings is 1. The second-order valence-corrected chi connectivity index (χ2v) is 6.16. The van der Waals surface area contributed by atoms with Crippen molar-refractivity contribution >= 4 is 39.1 Å². The summed E-state index contributed by atoms with van der Waals surface area (Å²) < 4.78 is 6.62. The van der Waals surface area contributed by atoms with Crippen LogP contribution in [0.25, 0.3) is 0 Å². The van der Waals surface area contributed by atoms with Crippen LogP contribution in [-0.4, -0.2) is 13.2 Å². The maximum absolute atomic E-state index is 5.84. The van der Waals surface area contributed by atoms with Gasteiger partial charge in [-0.1, -0.05) is 49.2 Å². The van der Waals surface area contributed by atoms with E-state index >= 15 is 0 Å². The van der Waals surface area contributed by atoms with Crippen LogP contribution in [0.4, 0.5) is 0 Å². The van der Waals surface area contributed by atoms with E-state index in [9.17, 15) is 0 Å². The second kappa shape index (κ2) is 8.85. The topological polar surface area (TPSA) is 21.3 Å². The summed E-state index contributed by atoms with van der Waals surface area (Å²) in [6, 6.07) is 5.97. The predicted octanol–water partition coefficient (Wildman–Crippen LogP) is 4.89. The fourth-order valence-electron chi connectivity index (χ4n) is 1.52. The van der Waals surface area contributed by atoms with Crippen molar-refractivity contribution in [1.29, 1.82) is 0 Å². The van der Waals surface area contributed by atoms with Crippen LogP contribution in [0.1, 0.15) is 19.4 Å². The number of hydrogen-bond acceptors (Lipinski definition) is 2. The maximum Gasteiger partial charge on any atom is 0.138 e. The van der Waals surface area contributed by atoms with E-state index in [0.29, 0.717) is 11.0 Å². The first kappa shape index (κ1) is 16.8. The summed E-state index contributed by atoms with van der Waals surface area (Å²) in [5.41, 5.74) is 2.41. The molecule has 0 spiro atoms. The van der Waals surface area contributed by atoms with E-state index in [1.165, 1.54) is 5.54 Å². The number of halogens is 3. The smallest absolute Gasteiger partial charge is 0.138 e. The van der Waals surface area contributed by atoms with Crippen LogP contribution >= 0.6 is 39.1 Å². The summed E-state index contributed by atoms with van der Waals surface area (Å²) in [7, 11) is 0. The van der Waals surface area contributed by atoms with Crippen LogP contribution in [0.15, 0.2) is 33.2 Å². The largest absolute Gasteiger partial charge is 0.486 e. The van der Waals surface area contributed by atoms with Crippen LogP contribution in [0.2, 0.25) is 0 Å². The highest BCUT2D eigenvalue weighted by atomic mass is 79.9. The van der Waals surface area contributed by atoms with Gasteiger partial charge in [0.05, 0.1) is 9.51 Å². The van der Waals surface area contributed by atoms with E-state index in [0.717, 1.165) is 28.9 Å². The Morgan fingerprint density at radius 3 is 2.84 bits per heavy atom. The maximum atomic E-state index is 5.84. The van der Waals surface area contributed by atoms with Gasteiger partial charge in [-0.05, 0) is 34.5 Å². The molecule has 0 saturated carbocycles. The van der Waals surface area contributed by atoms with Gasteiger partial charge in [0.25, 0.3) is 0 Å². The SMILES string of the molecule is CC(C)CNCc1cccc(Br)c1OCC(Cl)=CCl. The van der Waals surface area contributed by atoms with Gasteiger partial charge in [0, 0.05) is 17.6 Å². The van der Waals surface area contributed by atoms with Gasteiger partial charge in [-0.15, -0.1) is 0 Å². The first-order valence-corrected chi connectivity index (χ1v) is 7.71. The minimum absolute atomic E-state index is 0.269. The monoisotopic (exact) mass is 365 g/mol. The third-order valence-corrected chi connectivity index (χ3v) is 3.61. The first-order chi connectivity index (χ1) is 9.04. The zero-order valence-electron chi connectivity index (χ0n) is 11.1. The van der Waals surface area contributed by atoms with Crippen molar-refractivity contribution in [2.75, 3.05) is 13.2 Å². The molecule has 1 aromatic rings. The number of ether oxygens (including phenoxy) is 1. The van der Waals surface area contributed by atoms with E-state index in [4.69, 9.17) is 27.9 Å². The molecule has 1 N–H and O–H groups in total. The summed E-state index contributed by atoms with van der Waals surface area (Å²) in [6.45, 7) is 6.35. The van der Waals surface area contributed by atoms with Crippen molar-refractivity contribution in [2.45, 2.75) is 20.4 Å². The van der Waals surface area contributed by atoms with E-state index in [1.54, 1.807) is 0 Å². The minimum atomic E-state index is 0.269. The third-order valence-electron chi connectivity index (χ3n) is 2.39. The lowest BCUT2D eigenvalue weighted by molar-refractivity contribution is 0.351. The summed E-state index contributed by atoms with van der Waals surface area (Å²) in [6.07, 6.45) is 0. The fourth-order valence-corrected chi connectivity index (χ4v) is 2.16. The molecule has 2 nitrogen and oxygen atoms in total. The van der Waals surface area contributed by atoms with Crippen molar-refractivity contribution < 1.29 is 4.74 Å². The zero-order chi connectivity index (χ0) is 14.3. The Bertz CT molecular complexity index is 435. The molecular weight excluding hydrogens is 349 g/mol. The first-order valence-electron chi connectivity index (χ1n) is 6.10. The van der Waals surface area contributed by atoms with Gasteiger partial charge in [0.1, 0.15) is 12.4 Å². The Kier molecular flexibility index (Phi) is 7.84. The molecule has 0 radical (unpaired) electrons. The molecule has 0 heterocycles. The van der Waals surface area contributed by atoms with Gasteiger partial charge in [-0.2, -0.15) is 0 Å². The lowest BCUT2D eigenvalue weighted by Gasteiger charge is -2.14.